The van der Waals surface area contributed by atoms with Crippen LogP contribution in [0.4, 0.5) is 0 Å². The summed E-state index contributed by atoms with van der Waals surface area (Å²) in [5, 5.41) is 4.88. The van der Waals surface area contributed by atoms with Crippen molar-refractivity contribution in [3.8, 4) is 0 Å². The van der Waals surface area contributed by atoms with Crippen LogP contribution in [0.25, 0.3) is 33.6 Å². The monoisotopic (exact) mass is 334 g/mol. The molecule has 0 saturated heterocycles. The largest absolute Gasteiger partial charge is 0.455 e. The molecule has 0 fully saturated rings. The molecule has 0 saturated carbocycles. The molecule has 1 aromatic heterocycles. The lowest BCUT2D eigenvalue weighted by molar-refractivity contribution is 0.661. The Morgan fingerprint density at radius 1 is 0.808 bits per heavy atom. The molecule has 1 heteroatoms. The first-order chi connectivity index (χ1) is 12.6. The van der Waals surface area contributed by atoms with Gasteiger partial charge in [0.2, 0.25) is 0 Å². The molecule has 124 valence electrons. The Kier molecular flexibility index (Phi) is 2.48. The van der Waals surface area contributed by atoms with Crippen LogP contribution in [0.1, 0.15) is 25.0 Å². The van der Waals surface area contributed by atoms with E-state index in [-0.39, 0.29) is 5.41 Å². The van der Waals surface area contributed by atoms with Crippen LogP contribution in [-0.4, -0.2) is 0 Å². The van der Waals surface area contributed by atoms with Gasteiger partial charge in [0.05, 0.1) is 0 Å². The second-order valence-corrected chi connectivity index (χ2v) is 7.89. The van der Waals surface area contributed by atoms with Crippen molar-refractivity contribution in [1.29, 1.82) is 0 Å². The highest BCUT2D eigenvalue weighted by Crippen LogP contribution is 2.41. The number of benzene rings is 3. The van der Waals surface area contributed by atoms with Crippen LogP contribution >= 0.6 is 0 Å². The Labute approximate surface area is 151 Å². The zero-order valence-electron chi connectivity index (χ0n) is 14.8. The van der Waals surface area contributed by atoms with E-state index in [1.54, 1.807) is 0 Å². The Morgan fingerprint density at radius 3 is 2.54 bits per heavy atom. The Hall–Kier alpha value is -3.06. The summed E-state index contributed by atoms with van der Waals surface area (Å²) in [5.74, 6) is 0. The van der Waals surface area contributed by atoms with Gasteiger partial charge in [-0.05, 0) is 45.7 Å². The van der Waals surface area contributed by atoms with Gasteiger partial charge in [-0.1, -0.05) is 68.5 Å². The minimum absolute atomic E-state index is 0.0287. The van der Waals surface area contributed by atoms with Gasteiger partial charge >= 0.3 is 0 Å². The van der Waals surface area contributed by atoms with Crippen molar-refractivity contribution in [2.75, 3.05) is 0 Å². The normalized spacial score (nSPS) is 16.8. The van der Waals surface area contributed by atoms with Crippen molar-refractivity contribution in [2.45, 2.75) is 19.3 Å². The van der Waals surface area contributed by atoms with Crippen molar-refractivity contribution < 1.29 is 4.42 Å². The first-order valence-electron chi connectivity index (χ1n) is 9.13. The zero-order valence-corrected chi connectivity index (χ0v) is 14.8. The van der Waals surface area contributed by atoms with E-state index in [1.807, 2.05) is 6.07 Å². The standard InChI is InChI=1S/C25H18O/c1-25(2)14-15-13-20-17(23(15)19-8-3-5-9-21(19)25)11-12-18-16-7-4-6-10-22(16)26-24(18)20/h3-14H,1-2H3. The number of fused-ring (bicyclic) bond motifs is 8. The van der Waals surface area contributed by atoms with Gasteiger partial charge in [0.25, 0.3) is 0 Å². The second kappa shape index (κ2) is 4.56. The van der Waals surface area contributed by atoms with E-state index in [1.165, 1.54) is 43.5 Å². The van der Waals surface area contributed by atoms with Gasteiger partial charge in [0.15, 0.2) is 0 Å². The molecule has 4 aromatic rings. The fourth-order valence-corrected chi connectivity index (χ4v) is 4.70. The molecule has 0 spiro atoms. The van der Waals surface area contributed by atoms with Gasteiger partial charge < -0.3 is 4.42 Å². The van der Waals surface area contributed by atoms with Gasteiger partial charge in [0, 0.05) is 21.4 Å². The number of hydrogen-bond donors (Lipinski definition) is 0. The topological polar surface area (TPSA) is 13.1 Å². The number of para-hydroxylation sites is 1. The highest BCUT2D eigenvalue weighted by atomic mass is 16.3. The average molecular weight is 334 g/mol. The third-order valence-corrected chi connectivity index (χ3v) is 5.85. The number of rotatable bonds is 0. The van der Waals surface area contributed by atoms with Gasteiger partial charge in [0.1, 0.15) is 11.2 Å². The number of hydrogen-bond acceptors (Lipinski definition) is 1. The Morgan fingerprint density at radius 2 is 1.62 bits per heavy atom. The molecule has 1 heterocycles. The van der Waals surface area contributed by atoms with Crippen LogP contribution < -0.4 is 10.4 Å². The fourth-order valence-electron chi connectivity index (χ4n) is 4.70. The lowest BCUT2D eigenvalue weighted by Gasteiger charge is -2.30. The Bertz CT molecular complexity index is 1390. The van der Waals surface area contributed by atoms with Crippen LogP contribution in [0.3, 0.4) is 0 Å². The molecule has 26 heavy (non-hydrogen) atoms. The molecule has 1 nitrogen and oxygen atoms in total. The maximum absolute atomic E-state index is 6.27. The predicted molar refractivity (Wildman–Crippen MR) is 107 cm³/mol. The van der Waals surface area contributed by atoms with E-state index in [9.17, 15) is 0 Å². The summed E-state index contributed by atoms with van der Waals surface area (Å²) >= 11 is 0. The van der Waals surface area contributed by atoms with Crippen molar-refractivity contribution in [1.82, 2.24) is 0 Å². The molecule has 3 aromatic carbocycles. The van der Waals surface area contributed by atoms with Crippen molar-refractivity contribution in [2.24, 2.45) is 0 Å². The first kappa shape index (κ1) is 14.1. The molecule has 0 aliphatic heterocycles. The van der Waals surface area contributed by atoms with E-state index in [2.05, 4.69) is 80.6 Å². The highest BCUT2D eigenvalue weighted by molar-refractivity contribution is 6.07. The molecule has 0 amide bonds. The molecular weight excluding hydrogens is 316 g/mol. The maximum Gasteiger partial charge on any atom is 0.143 e. The minimum atomic E-state index is 0.0287. The van der Waals surface area contributed by atoms with E-state index >= 15 is 0 Å². The van der Waals surface area contributed by atoms with Gasteiger partial charge in [-0.25, -0.2) is 0 Å². The van der Waals surface area contributed by atoms with Crippen LogP contribution in [0.2, 0.25) is 0 Å². The average Bonchev–Trinajstić information content (AvgIpc) is 3.19. The summed E-state index contributed by atoms with van der Waals surface area (Å²) in [6.07, 6.45) is 4.71. The van der Waals surface area contributed by atoms with Crippen LogP contribution in [0.15, 0.2) is 76.7 Å². The smallest absolute Gasteiger partial charge is 0.143 e. The second-order valence-electron chi connectivity index (χ2n) is 7.89. The predicted octanol–water partition coefficient (Wildman–Crippen LogP) is 4.80. The van der Waals surface area contributed by atoms with E-state index in [0.717, 1.165) is 11.2 Å². The summed E-state index contributed by atoms with van der Waals surface area (Å²) in [6.45, 7) is 4.59. The van der Waals surface area contributed by atoms with E-state index < -0.39 is 0 Å². The van der Waals surface area contributed by atoms with Gasteiger partial charge in [-0.2, -0.15) is 0 Å². The lowest BCUT2D eigenvalue weighted by Crippen LogP contribution is -2.26. The molecule has 0 radical (unpaired) electrons. The summed E-state index contributed by atoms with van der Waals surface area (Å²) < 4.78 is 6.27. The number of allylic oxidation sites excluding steroid dienone is 2. The summed E-state index contributed by atoms with van der Waals surface area (Å²) in [6, 6.07) is 21.6. The quantitative estimate of drug-likeness (QED) is 0.450. The molecule has 0 unspecified atom stereocenters. The Balaban J connectivity index is 1.82. The number of furan rings is 1. The fraction of sp³-hybridized carbons (Fsp3) is 0.120. The zero-order chi connectivity index (χ0) is 17.5. The van der Waals surface area contributed by atoms with Crippen LogP contribution in [-0.2, 0) is 5.41 Å². The SMILES string of the molecule is CC1(C)C=C2C=c3c(ccc4c3oc3ccccc34)=C2c2ccccc21. The van der Waals surface area contributed by atoms with Gasteiger partial charge in [-0.3, -0.25) is 0 Å². The summed E-state index contributed by atoms with van der Waals surface area (Å²) in [5.41, 5.74) is 7.39. The molecule has 2 aliphatic rings. The molecule has 6 rings (SSSR count). The molecule has 0 N–H and O–H groups in total. The highest BCUT2D eigenvalue weighted by Gasteiger charge is 2.31. The molecular formula is C25H18O. The van der Waals surface area contributed by atoms with Crippen molar-refractivity contribution >= 4 is 33.6 Å². The molecule has 2 aliphatic carbocycles. The van der Waals surface area contributed by atoms with Crippen LogP contribution in [0, 0.1) is 0 Å². The third kappa shape index (κ3) is 1.65. The maximum atomic E-state index is 6.27. The van der Waals surface area contributed by atoms with Crippen molar-refractivity contribution in [3.05, 3.63) is 93.9 Å². The summed E-state index contributed by atoms with van der Waals surface area (Å²) in [4.78, 5) is 0. The molecule has 0 atom stereocenters. The third-order valence-electron chi connectivity index (χ3n) is 5.85. The molecule has 0 bridgehead atoms. The lowest BCUT2D eigenvalue weighted by atomic mass is 9.73. The minimum Gasteiger partial charge on any atom is -0.455 e. The summed E-state index contributed by atoms with van der Waals surface area (Å²) in [7, 11) is 0. The van der Waals surface area contributed by atoms with E-state index in [4.69, 9.17) is 4.42 Å². The van der Waals surface area contributed by atoms with Crippen LogP contribution in [0.5, 0.6) is 0 Å². The first-order valence-corrected chi connectivity index (χ1v) is 9.13. The van der Waals surface area contributed by atoms with Gasteiger partial charge in [-0.15, -0.1) is 0 Å². The van der Waals surface area contributed by atoms with Crippen molar-refractivity contribution in [3.63, 3.8) is 0 Å². The van der Waals surface area contributed by atoms with E-state index in [0.29, 0.717) is 0 Å².